The van der Waals surface area contributed by atoms with Crippen LogP contribution < -0.4 is 0 Å². The fraction of sp³-hybridized carbons (Fsp3) is 0.421. The molecule has 0 bridgehead atoms. The van der Waals surface area contributed by atoms with Crippen molar-refractivity contribution in [1.82, 2.24) is 30.1 Å². The maximum absolute atomic E-state index is 12.5. The van der Waals surface area contributed by atoms with Gasteiger partial charge in [-0.05, 0) is 53.5 Å². The number of amides is 1. The van der Waals surface area contributed by atoms with Crippen molar-refractivity contribution in [2.45, 2.75) is 31.4 Å². The van der Waals surface area contributed by atoms with Crippen molar-refractivity contribution in [3.8, 4) is 16.3 Å². The Morgan fingerprint density at radius 3 is 2.90 bits per heavy atom. The van der Waals surface area contributed by atoms with Gasteiger partial charge in [-0.25, -0.2) is 4.68 Å². The molecular weight excluding hydrogens is 392 g/mol. The smallest absolute Gasteiger partial charge is 0.244 e. The highest BCUT2D eigenvalue weighted by Crippen LogP contribution is 2.47. The molecule has 0 aliphatic carbocycles. The third-order valence-corrected chi connectivity index (χ3v) is 6.97. The second kappa shape index (κ2) is 7.20. The number of likely N-dealkylation sites (tertiary alicyclic amines) is 1. The number of fused-ring (bicyclic) bond motifs is 2. The summed E-state index contributed by atoms with van der Waals surface area (Å²) in [6.07, 6.45) is 5.33. The molecule has 29 heavy (non-hydrogen) atoms. The Labute approximate surface area is 170 Å². The number of pyridine rings is 1. The highest BCUT2D eigenvalue weighted by atomic mass is 32.1. The van der Waals surface area contributed by atoms with Gasteiger partial charge in [0.1, 0.15) is 24.2 Å². The monoisotopic (exact) mass is 412 g/mol. The zero-order chi connectivity index (χ0) is 19.8. The Balaban J connectivity index is 1.34. The van der Waals surface area contributed by atoms with E-state index in [0.29, 0.717) is 19.7 Å². The van der Waals surface area contributed by atoms with Crippen LogP contribution in [-0.2, 0) is 28.1 Å². The van der Waals surface area contributed by atoms with Gasteiger partial charge in [-0.1, -0.05) is 0 Å². The van der Waals surface area contributed by atoms with E-state index in [1.54, 1.807) is 17.4 Å². The Morgan fingerprint density at radius 2 is 2.17 bits per heavy atom. The minimum absolute atomic E-state index is 0.0170. The maximum atomic E-state index is 12.5. The van der Waals surface area contributed by atoms with Crippen LogP contribution in [0.3, 0.4) is 0 Å². The Morgan fingerprint density at radius 1 is 1.31 bits per heavy atom. The molecule has 0 saturated carbocycles. The number of carbonyl (C=O) groups excluding carboxylic acids is 1. The van der Waals surface area contributed by atoms with E-state index in [2.05, 4.69) is 26.6 Å². The normalized spacial score (nSPS) is 18.0. The molecule has 3 aromatic heterocycles. The summed E-state index contributed by atoms with van der Waals surface area (Å²) >= 11 is 1.71. The van der Waals surface area contributed by atoms with Crippen LogP contribution in [0.25, 0.3) is 10.6 Å². The van der Waals surface area contributed by atoms with E-state index in [0.717, 1.165) is 29.8 Å². The number of nitrogens with zero attached hydrogens (tertiary/aromatic N) is 6. The van der Waals surface area contributed by atoms with Gasteiger partial charge in [0.15, 0.2) is 0 Å². The maximum Gasteiger partial charge on any atom is 0.244 e. The average Bonchev–Trinajstić information content (AvgIpc) is 3.40. The average molecular weight is 412 g/mol. The van der Waals surface area contributed by atoms with Gasteiger partial charge in [0.25, 0.3) is 0 Å². The molecule has 2 aliphatic heterocycles. The molecule has 5 heterocycles. The summed E-state index contributed by atoms with van der Waals surface area (Å²) in [7, 11) is 0. The van der Waals surface area contributed by atoms with Gasteiger partial charge in [0, 0.05) is 18.0 Å². The minimum atomic E-state index is -0.334. The van der Waals surface area contributed by atoms with E-state index in [-0.39, 0.29) is 23.8 Å². The third kappa shape index (κ3) is 3.38. The number of hydrogen-bond donors (Lipinski definition) is 1. The lowest BCUT2D eigenvalue weighted by Gasteiger charge is -2.43. The largest absolute Gasteiger partial charge is 0.506 e. The molecule has 9 nitrogen and oxygen atoms in total. The predicted octanol–water partition coefficient (Wildman–Crippen LogP) is 1.59. The van der Waals surface area contributed by atoms with Crippen LogP contribution in [-0.4, -0.2) is 60.8 Å². The van der Waals surface area contributed by atoms with Gasteiger partial charge < -0.3 is 14.7 Å². The number of piperidine rings is 1. The molecule has 1 fully saturated rings. The number of carbonyl (C=O) groups is 1. The summed E-state index contributed by atoms with van der Waals surface area (Å²) in [6.45, 7) is 2.13. The topological polar surface area (TPSA) is 106 Å². The van der Waals surface area contributed by atoms with Gasteiger partial charge in [-0.2, -0.15) is 0 Å². The lowest BCUT2D eigenvalue weighted by molar-refractivity contribution is -0.141. The van der Waals surface area contributed by atoms with Gasteiger partial charge in [-0.3, -0.25) is 9.78 Å². The minimum Gasteiger partial charge on any atom is -0.506 e. The molecule has 0 unspecified atom stereocenters. The highest BCUT2D eigenvalue weighted by Gasteiger charge is 2.43. The molecule has 10 heteroatoms. The van der Waals surface area contributed by atoms with E-state index >= 15 is 0 Å². The molecule has 0 radical (unpaired) electrons. The summed E-state index contributed by atoms with van der Waals surface area (Å²) in [4.78, 5) is 21.1. The van der Waals surface area contributed by atoms with Crippen LogP contribution in [0.2, 0.25) is 0 Å². The Bertz CT molecular complexity index is 1010. The summed E-state index contributed by atoms with van der Waals surface area (Å²) in [5.74, 6) is 0.178. The number of hydrogen-bond acceptors (Lipinski definition) is 8. The first kappa shape index (κ1) is 18.2. The number of aromatic nitrogens is 5. The second-order valence-electron chi connectivity index (χ2n) is 7.35. The molecule has 1 amide bonds. The summed E-state index contributed by atoms with van der Waals surface area (Å²) in [5.41, 5.74) is 1.82. The molecule has 1 saturated heterocycles. The zero-order valence-electron chi connectivity index (χ0n) is 15.7. The number of rotatable bonds is 3. The van der Waals surface area contributed by atoms with E-state index in [4.69, 9.17) is 4.74 Å². The highest BCUT2D eigenvalue weighted by molar-refractivity contribution is 7.15. The van der Waals surface area contributed by atoms with Crippen molar-refractivity contribution in [2.75, 3.05) is 19.7 Å². The van der Waals surface area contributed by atoms with Crippen LogP contribution >= 0.6 is 11.3 Å². The molecule has 1 spiro atoms. The molecule has 0 aromatic carbocycles. The van der Waals surface area contributed by atoms with Gasteiger partial charge in [0.05, 0.1) is 23.4 Å². The summed E-state index contributed by atoms with van der Waals surface area (Å²) in [5, 5.41) is 20.4. The van der Waals surface area contributed by atoms with Crippen molar-refractivity contribution < 1.29 is 14.6 Å². The van der Waals surface area contributed by atoms with Crippen LogP contribution in [0.1, 0.15) is 23.3 Å². The Kier molecular flexibility index (Phi) is 4.51. The van der Waals surface area contributed by atoms with Crippen LogP contribution in [0, 0.1) is 0 Å². The van der Waals surface area contributed by atoms with Gasteiger partial charge in [0.2, 0.25) is 5.91 Å². The van der Waals surface area contributed by atoms with Crippen LogP contribution in [0.15, 0.2) is 30.7 Å². The van der Waals surface area contributed by atoms with Crippen molar-refractivity contribution in [1.29, 1.82) is 0 Å². The fourth-order valence-corrected chi connectivity index (χ4v) is 5.45. The molecule has 3 aromatic rings. The van der Waals surface area contributed by atoms with Crippen molar-refractivity contribution in [3.05, 3.63) is 41.2 Å². The third-order valence-electron chi connectivity index (χ3n) is 5.59. The summed E-state index contributed by atoms with van der Waals surface area (Å²) < 4.78 is 7.75. The van der Waals surface area contributed by atoms with Crippen molar-refractivity contribution in [2.24, 2.45) is 0 Å². The standard InChI is InChI=1S/C19H20N6O3S/c26-14-1-2-15(20-10-14)16-9-13-3-8-28-19(18(13)29-16)4-6-24(7-5-19)17(27)11-25-12-21-22-23-25/h1-2,9-10,12,26H,3-8,11H2. The predicted molar refractivity (Wildman–Crippen MR) is 104 cm³/mol. The van der Waals surface area contributed by atoms with Crippen LogP contribution in [0.4, 0.5) is 0 Å². The quantitative estimate of drug-likeness (QED) is 0.696. The van der Waals surface area contributed by atoms with Gasteiger partial charge in [-0.15, -0.1) is 16.4 Å². The molecule has 0 atom stereocenters. The van der Waals surface area contributed by atoms with Crippen molar-refractivity contribution >= 4 is 17.2 Å². The first-order valence-electron chi connectivity index (χ1n) is 9.54. The first-order chi connectivity index (χ1) is 14.1. The molecule has 150 valence electrons. The fourth-order valence-electron chi connectivity index (χ4n) is 4.06. The van der Waals surface area contributed by atoms with E-state index < -0.39 is 0 Å². The second-order valence-corrected chi connectivity index (χ2v) is 8.40. The lowest BCUT2D eigenvalue weighted by Crippen LogP contribution is -2.48. The Hall–Kier alpha value is -2.85. The van der Waals surface area contributed by atoms with E-state index in [1.807, 2.05) is 11.0 Å². The molecule has 5 rings (SSSR count). The number of thiophene rings is 1. The van der Waals surface area contributed by atoms with Crippen molar-refractivity contribution in [3.63, 3.8) is 0 Å². The number of aromatic hydroxyl groups is 1. The lowest BCUT2D eigenvalue weighted by atomic mass is 9.85. The molecule has 2 aliphatic rings. The number of ether oxygens (including phenoxy) is 1. The summed E-state index contributed by atoms with van der Waals surface area (Å²) in [6, 6.07) is 5.68. The SMILES string of the molecule is O=C(Cn1cnnn1)N1CCC2(CC1)OCCc1cc(-c3ccc(O)cn3)sc12. The van der Waals surface area contributed by atoms with Gasteiger partial charge >= 0.3 is 0 Å². The molecular formula is C19H20N6O3S. The first-order valence-corrected chi connectivity index (χ1v) is 10.4. The van der Waals surface area contributed by atoms with Crippen LogP contribution in [0.5, 0.6) is 5.75 Å². The number of tetrazole rings is 1. The van der Waals surface area contributed by atoms with E-state index in [9.17, 15) is 9.90 Å². The molecule has 1 N–H and O–H groups in total. The zero-order valence-corrected chi connectivity index (χ0v) is 16.5. The van der Waals surface area contributed by atoms with E-state index in [1.165, 1.54) is 27.6 Å².